The minimum atomic E-state index is -5.22. The first-order chi connectivity index (χ1) is 28.6. The van der Waals surface area contributed by atoms with Crippen LogP contribution in [0.2, 0.25) is 0 Å². The van der Waals surface area contributed by atoms with Gasteiger partial charge >= 0.3 is 15.2 Å². The Labute approximate surface area is 352 Å². The molecule has 0 aliphatic heterocycles. The van der Waals surface area contributed by atoms with Crippen molar-refractivity contribution in [2.24, 2.45) is 0 Å². The van der Waals surface area contributed by atoms with Crippen molar-refractivity contribution < 1.29 is 58.0 Å². The predicted molar refractivity (Wildman–Crippen MR) is 231 cm³/mol. The first-order valence-corrected chi connectivity index (χ1v) is 24.2. The Morgan fingerprint density at radius 2 is 0.767 bits per heavy atom. The second-order valence-corrected chi connectivity index (χ2v) is 18.7. The fourth-order valence-corrected chi connectivity index (χ4v) is 8.71. The smallest absolute Gasteiger partial charge is 0.396 e. The maximum atomic E-state index is 13.2. The minimum absolute atomic E-state index is 0.0177. The van der Waals surface area contributed by atoms with Crippen molar-refractivity contribution in [2.45, 2.75) is 117 Å². The van der Waals surface area contributed by atoms with E-state index in [1.807, 2.05) is 0 Å². The van der Waals surface area contributed by atoms with Crippen molar-refractivity contribution in [3.63, 3.8) is 0 Å². The molecule has 0 heterocycles. The van der Waals surface area contributed by atoms with Crippen LogP contribution in [0.3, 0.4) is 0 Å². The lowest BCUT2D eigenvalue weighted by Crippen LogP contribution is -2.09. The van der Waals surface area contributed by atoms with Crippen molar-refractivity contribution in [3.8, 4) is 23.0 Å². The monoisotopic (exact) mass is 864 g/mol. The van der Waals surface area contributed by atoms with Gasteiger partial charge in [-0.3, -0.25) is 18.7 Å². The molecular weight excluding hydrogens is 806 g/mol. The first kappa shape index (κ1) is 46.8. The Balaban J connectivity index is 1.70. The number of phenols is 2. The number of para-hydroxylation sites is 2. The number of carbonyl (C=O) groups excluding carboxylic acids is 2. The Morgan fingerprint density at radius 3 is 1.05 bits per heavy atom. The number of fused-ring (bicyclic) bond motifs is 8. The number of phenolic OH excluding ortho intramolecular Hbond substituents is 2. The number of hydrogen-bond acceptors (Lipinski definition) is 8. The molecule has 5 rings (SSSR count). The molecule has 0 radical (unpaired) electrons. The fourth-order valence-electron chi connectivity index (χ4n) is 7.78. The molecule has 4 aromatic carbocycles. The van der Waals surface area contributed by atoms with Gasteiger partial charge in [-0.05, 0) is 81.6 Å². The second kappa shape index (κ2) is 21.5. The van der Waals surface area contributed by atoms with Gasteiger partial charge in [-0.1, -0.05) is 114 Å². The molecule has 0 saturated heterocycles. The van der Waals surface area contributed by atoms with E-state index in [0.717, 1.165) is 77.0 Å². The van der Waals surface area contributed by atoms with Gasteiger partial charge in [-0.25, -0.2) is 0 Å². The highest BCUT2D eigenvalue weighted by molar-refractivity contribution is 7.71. The molecule has 14 heteroatoms. The van der Waals surface area contributed by atoms with Crippen molar-refractivity contribution in [2.75, 3.05) is 13.2 Å². The van der Waals surface area contributed by atoms with E-state index >= 15 is 0 Å². The highest BCUT2D eigenvalue weighted by Gasteiger charge is 2.31. The molecule has 0 saturated carbocycles. The number of ether oxygens (including phenoxy) is 2. The summed E-state index contributed by atoms with van der Waals surface area (Å²) < 4.78 is 37.6. The Morgan fingerprint density at radius 1 is 0.483 bits per heavy atom. The topological polar surface area (TPSA) is 208 Å². The number of hydrogen-bond donors (Lipinski definition) is 6. The van der Waals surface area contributed by atoms with E-state index in [9.17, 15) is 48.5 Å². The molecule has 0 fully saturated rings. The van der Waals surface area contributed by atoms with E-state index in [1.54, 1.807) is 36.4 Å². The average molecular weight is 865 g/mol. The maximum Gasteiger partial charge on any atom is 0.396 e. The Bertz CT molecular complexity index is 1990. The molecule has 60 heavy (non-hydrogen) atoms. The van der Waals surface area contributed by atoms with Gasteiger partial charge in [0.15, 0.2) is 0 Å². The van der Waals surface area contributed by atoms with Crippen LogP contribution in [0.25, 0.3) is 0 Å². The summed E-state index contributed by atoms with van der Waals surface area (Å²) in [7, 11) is -10.4. The van der Waals surface area contributed by atoms with Crippen molar-refractivity contribution >= 4 is 26.2 Å². The summed E-state index contributed by atoms with van der Waals surface area (Å²) >= 11 is 0. The summed E-state index contributed by atoms with van der Waals surface area (Å²) in [6.45, 7) is 4.94. The van der Waals surface area contributed by atoms with Crippen LogP contribution >= 0.6 is 15.2 Å². The number of carbonyl (C=O) groups is 2. The van der Waals surface area contributed by atoms with Gasteiger partial charge in [0.1, 0.15) is 23.0 Å². The quantitative estimate of drug-likeness (QED) is 0.0319. The lowest BCUT2D eigenvalue weighted by molar-refractivity contribution is 0.103. The molecule has 0 aromatic heterocycles. The summed E-state index contributed by atoms with van der Waals surface area (Å²) in [6, 6.07) is 15.7. The average Bonchev–Trinajstić information content (AvgIpc) is 3.19. The van der Waals surface area contributed by atoms with Gasteiger partial charge in [-0.2, -0.15) is 0 Å². The minimum Gasteiger partial charge on any atom is -0.507 e. The highest BCUT2D eigenvalue weighted by Crippen LogP contribution is 2.44. The molecule has 6 N–H and O–H groups in total. The van der Waals surface area contributed by atoms with E-state index in [1.165, 1.54) is 24.3 Å². The van der Waals surface area contributed by atoms with Gasteiger partial charge < -0.3 is 39.3 Å². The molecule has 0 atom stereocenters. The number of aromatic hydroxyl groups is 2. The summed E-state index contributed by atoms with van der Waals surface area (Å²) in [5.41, 5.74) is -0.0983. The van der Waals surface area contributed by atoms with Crippen LogP contribution in [0.5, 0.6) is 23.0 Å². The predicted octanol–water partition coefficient (Wildman–Crippen LogP) is 9.89. The zero-order valence-electron chi connectivity index (χ0n) is 34.5. The van der Waals surface area contributed by atoms with Crippen LogP contribution in [-0.4, -0.2) is 54.0 Å². The molecule has 1 aliphatic carbocycles. The molecular formula is C46H58O12P2. The third-order valence-electron chi connectivity index (χ3n) is 10.9. The summed E-state index contributed by atoms with van der Waals surface area (Å²) in [5.74, 6) is 0.503. The summed E-state index contributed by atoms with van der Waals surface area (Å²) in [6.07, 6.45) is 12.0. The van der Waals surface area contributed by atoms with E-state index in [4.69, 9.17) is 9.47 Å². The molecule has 12 nitrogen and oxygen atoms in total. The molecule has 4 aromatic rings. The van der Waals surface area contributed by atoms with Crippen molar-refractivity contribution in [3.05, 3.63) is 116 Å². The maximum absolute atomic E-state index is 13.2. The van der Waals surface area contributed by atoms with E-state index in [2.05, 4.69) is 13.8 Å². The molecule has 0 spiro atoms. The standard InChI is InChI=1S/C46H58O12P2/c1-3-5-7-9-11-13-21-57-43-31-17-15-18-32(43)24-36-28-40(46(50)60(54,55)56)30-38(42(36)48)26-34-20-16-19-33(44(34)58-22-14-12-10-8-6-4-2)25-37-29-39(45(49)59(51,52)53)27-35(23-31)41(37)47/h15-20,27-30,47-48H,3-14,21-26H2,1-2H3,(H2,51,52,53)(H2,54,55,56). The van der Waals surface area contributed by atoms with Crippen LogP contribution in [-0.2, 0) is 34.8 Å². The SMILES string of the molecule is CCCCCCCCOc1c2cccc1Cc1cc(C(=O)P(=O)(O)O)cc(c1O)Cc1cccc(c1OCCCCCCCC)Cc1cc(C(=O)P(=O)(O)O)cc(c1O)C2. The van der Waals surface area contributed by atoms with Crippen LogP contribution in [0.4, 0.5) is 0 Å². The number of unbranched alkanes of at least 4 members (excludes halogenated alkanes) is 10. The third-order valence-corrected chi connectivity index (χ3v) is 12.5. The van der Waals surface area contributed by atoms with Gasteiger partial charge in [0, 0.05) is 36.8 Å². The van der Waals surface area contributed by atoms with Crippen LogP contribution in [0.1, 0.15) is 156 Å². The van der Waals surface area contributed by atoms with Gasteiger partial charge in [0.05, 0.1) is 13.2 Å². The lowest BCUT2D eigenvalue weighted by atomic mass is 9.90. The van der Waals surface area contributed by atoms with Crippen molar-refractivity contribution in [1.82, 2.24) is 0 Å². The lowest BCUT2D eigenvalue weighted by Gasteiger charge is -2.21. The molecule has 8 bridgehead atoms. The summed E-state index contributed by atoms with van der Waals surface area (Å²) in [5, 5.41) is 23.8. The van der Waals surface area contributed by atoms with E-state index < -0.39 is 26.2 Å². The molecule has 1 aliphatic rings. The third kappa shape index (κ3) is 12.4. The first-order valence-electron chi connectivity index (χ1n) is 21.0. The zero-order valence-corrected chi connectivity index (χ0v) is 36.3. The zero-order chi connectivity index (χ0) is 43.5. The van der Waals surface area contributed by atoms with Crippen LogP contribution < -0.4 is 9.47 Å². The van der Waals surface area contributed by atoms with E-state index in [0.29, 0.717) is 47.0 Å². The highest BCUT2D eigenvalue weighted by atomic mass is 31.2. The van der Waals surface area contributed by atoms with Gasteiger partial charge in [-0.15, -0.1) is 0 Å². The normalized spacial score (nSPS) is 12.9. The molecule has 324 valence electrons. The number of benzene rings is 4. The fraction of sp³-hybridized carbons (Fsp3) is 0.435. The van der Waals surface area contributed by atoms with Crippen LogP contribution in [0.15, 0.2) is 60.7 Å². The summed E-state index contributed by atoms with van der Waals surface area (Å²) in [4.78, 5) is 66.2. The van der Waals surface area contributed by atoms with Crippen LogP contribution in [0, 0.1) is 0 Å². The molecule has 0 unspecified atom stereocenters. The van der Waals surface area contributed by atoms with E-state index in [-0.39, 0.29) is 70.6 Å². The van der Waals surface area contributed by atoms with Gasteiger partial charge in [0.2, 0.25) is 0 Å². The van der Waals surface area contributed by atoms with Crippen molar-refractivity contribution in [1.29, 1.82) is 0 Å². The Kier molecular flexibility index (Phi) is 16.8. The molecule has 0 amide bonds. The largest absolute Gasteiger partial charge is 0.507 e. The number of rotatable bonds is 20. The van der Waals surface area contributed by atoms with Gasteiger partial charge in [0.25, 0.3) is 11.0 Å². The Hall–Kier alpha value is -4.28. The second-order valence-electron chi connectivity index (χ2n) is 15.7.